The van der Waals surface area contributed by atoms with Crippen molar-refractivity contribution in [1.82, 2.24) is 19.8 Å². The van der Waals surface area contributed by atoms with E-state index in [-0.39, 0.29) is 30.0 Å². The number of amides is 1. The Labute approximate surface area is 232 Å². The number of thiocarbonyl (C=S) groups is 1. The number of rotatable bonds is 8. The fourth-order valence-corrected chi connectivity index (χ4v) is 5.59. The molecule has 0 bridgehead atoms. The molecule has 3 N–H and O–H groups in total. The molecule has 1 fully saturated rings. The van der Waals surface area contributed by atoms with Gasteiger partial charge in [-0.05, 0) is 74.1 Å². The normalized spacial score (nSPS) is 16.7. The number of anilines is 1. The lowest BCUT2D eigenvalue weighted by molar-refractivity contribution is -0.116. The summed E-state index contributed by atoms with van der Waals surface area (Å²) in [7, 11) is 0. The Morgan fingerprint density at radius 1 is 1.03 bits per heavy atom. The number of pyridine rings is 1. The van der Waals surface area contributed by atoms with Crippen molar-refractivity contribution < 1.29 is 14.7 Å². The van der Waals surface area contributed by atoms with Gasteiger partial charge in [0, 0.05) is 36.2 Å². The number of hydrogen-bond donors (Lipinski definition) is 3. The Morgan fingerprint density at radius 2 is 1.74 bits per heavy atom. The highest BCUT2D eigenvalue weighted by atomic mass is 32.1. The Kier molecular flexibility index (Phi) is 7.42. The van der Waals surface area contributed by atoms with E-state index in [4.69, 9.17) is 12.2 Å². The second kappa shape index (κ2) is 11.1. The number of carboxylic acid groups (broad SMARTS) is 1. The fraction of sp³-hybridized carbons (Fsp3) is 0.200. The van der Waals surface area contributed by atoms with Gasteiger partial charge in [0.25, 0.3) is 0 Å². The Hall–Kier alpha value is -4.50. The van der Waals surface area contributed by atoms with E-state index in [9.17, 15) is 14.7 Å². The van der Waals surface area contributed by atoms with Gasteiger partial charge in [0.1, 0.15) is 0 Å². The summed E-state index contributed by atoms with van der Waals surface area (Å²) in [5, 5.41) is 16.7. The zero-order chi connectivity index (χ0) is 27.5. The maximum absolute atomic E-state index is 12.8. The number of nitrogens with zero attached hydrogens (tertiary/aromatic N) is 3. The van der Waals surface area contributed by atoms with Crippen molar-refractivity contribution in [1.29, 1.82) is 0 Å². The third kappa shape index (κ3) is 5.26. The summed E-state index contributed by atoms with van der Waals surface area (Å²) < 4.78 is 1.97. The van der Waals surface area contributed by atoms with Gasteiger partial charge in [-0.1, -0.05) is 36.4 Å². The monoisotopic (exact) mass is 539 g/mol. The van der Waals surface area contributed by atoms with E-state index in [0.29, 0.717) is 17.3 Å². The molecule has 1 amide bonds. The molecule has 2 aromatic carbocycles. The van der Waals surface area contributed by atoms with E-state index in [1.54, 1.807) is 18.3 Å². The first-order valence-corrected chi connectivity index (χ1v) is 13.1. The van der Waals surface area contributed by atoms with Crippen LogP contribution < -0.4 is 10.6 Å². The SMILES string of the molecule is Cc1cc([C@@H]2[C@H](c3ccccn3)NC(=S)N2CCC(=O)Nc2ccccc2)c(C)n1-c1ccccc1C(=O)O. The highest BCUT2D eigenvalue weighted by Gasteiger charge is 2.41. The molecule has 0 saturated carbocycles. The number of aromatic nitrogens is 2. The summed E-state index contributed by atoms with van der Waals surface area (Å²) in [5.41, 5.74) is 5.18. The molecule has 3 heterocycles. The van der Waals surface area contributed by atoms with E-state index in [1.165, 1.54) is 0 Å². The van der Waals surface area contributed by atoms with Gasteiger partial charge in [-0.2, -0.15) is 0 Å². The van der Waals surface area contributed by atoms with Crippen molar-refractivity contribution in [3.63, 3.8) is 0 Å². The topological polar surface area (TPSA) is 99.5 Å². The number of benzene rings is 2. The van der Waals surface area contributed by atoms with Gasteiger partial charge in [0.2, 0.25) is 5.91 Å². The molecule has 2 atom stereocenters. The molecule has 2 aromatic heterocycles. The first-order valence-electron chi connectivity index (χ1n) is 12.7. The number of nitrogens with one attached hydrogen (secondary N) is 2. The molecule has 0 aliphatic carbocycles. The summed E-state index contributed by atoms with van der Waals surface area (Å²) >= 11 is 5.78. The maximum atomic E-state index is 12.8. The van der Waals surface area contributed by atoms with E-state index in [1.807, 2.05) is 84.0 Å². The van der Waals surface area contributed by atoms with Gasteiger partial charge >= 0.3 is 5.97 Å². The van der Waals surface area contributed by atoms with Crippen LogP contribution in [0.3, 0.4) is 0 Å². The summed E-state index contributed by atoms with van der Waals surface area (Å²) in [6.45, 7) is 4.34. The smallest absolute Gasteiger partial charge is 0.337 e. The van der Waals surface area contributed by atoms with Crippen molar-refractivity contribution in [2.45, 2.75) is 32.4 Å². The van der Waals surface area contributed by atoms with E-state index in [2.05, 4.69) is 21.7 Å². The molecule has 1 aliphatic heterocycles. The predicted molar refractivity (Wildman–Crippen MR) is 154 cm³/mol. The minimum Gasteiger partial charge on any atom is -0.478 e. The zero-order valence-electron chi connectivity index (χ0n) is 21.7. The van der Waals surface area contributed by atoms with Crippen LogP contribution in [0.15, 0.2) is 85.1 Å². The van der Waals surface area contributed by atoms with Crippen LogP contribution >= 0.6 is 12.2 Å². The number of para-hydroxylation sites is 2. The number of hydrogen-bond acceptors (Lipinski definition) is 4. The third-order valence-corrected chi connectivity index (χ3v) is 7.35. The average molecular weight is 540 g/mol. The van der Waals surface area contributed by atoms with Gasteiger partial charge in [-0.25, -0.2) is 4.79 Å². The molecule has 39 heavy (non-hydrogen) atoms. The van der Waals surface area contributed by atoms with Crippen LogP contribution in [0, 0.1) is 13.8 Å². The molecule has 8 nitrogen and oxygen atoms in total. The van der Waals surface area contributed by atoms with Crippen LogP contribution in [0.4, 0.5) is 5.69 Å². The first kappa shape index (κ1) is 26.1. The lowest BCUT2D eigenvalue weighted by atomic mass is 9.96. The van der Waals surface area contributed by atoms with Gasteiger partial charge in [0.05, 0.1) is 29.0 Å². The predicted octanol–water partition coefficient (Wildman–Crippen LogP) is 5.19. The molecule has 5 rings (SSSR count). The van der Waals surface area contributed by atoms with Gasteiger partial charge in [-0.15, -0.1) is 0 Å². The lowest BCUT2D eigenvalue weighted by Gasteiger charge is -2.28. The number of aromatic carboxylic acids is 1. The van der Waals surface area contributed by atoms with Crippen LogP contribution in [0.5, 0.6) is 0 Å². The second-order valence-corrected chi connectivity index (χ2v) is 9.86. The Morgan fingerprint density at radius 3 is 2.46 bits per heavy atom. The Balaban J connectivity index is 1.51. The summed E-state index contributed by atoms with van der Waals surface area (Å²) in [6, 6.07) is 23.7. The van der Waals surface area contributed by atoms with Crippen LogP contribution in [-0.4, -0.2) is 43.1 Å². The Bertz CT molecular complexity index is 1520. The van der Waals surface area contributed by atoms with Gasteiger partial charge in [0.15, 0.2) is 5.11 Å². The van der Waals surface area contributed by atoms with Crippen molar-refractivity contribution in [2.75, 3.05) is 11.9 Å². The second-order valence-electron chi connectivity index (χ2n) is 9.47. The molecule has 0 radical (unpaired) electrons. The van der Waals surface area contributed by atoms with Crippen LogP contribution in [-0.2, 0) is 4.79 Å². The fourth-order valence-electron chi connectivity index (χ4n) is 5.26. The van der Waals surface area contributed by atoms with Gasteiger partial charge in [-0.3, -0.25) is 9.78 Å². The minimum absolute atomic E-state index is 0.107. The molecule has 1 aliphatic rings. The van der Waals surface area contributed by atoms with Crippen LogP contribution in [0.25, 0.3) is 5.69 Å². The highest BCUT2D eigenvalue weighted by Crippen LogP contribution is 2.41. The summed E-state index contributed by atoms with van der Waals surface area (Å²) in [4.78, 5) is 31.4. The lowest BCUT2D eigenvalue weighted by Crippen LogP contribution is -2.32. The quantitative estimate of drug-likeness (QED) is 0.265. The summed E-state index contributed by atoms with van der Waals surface area (Å²) in [5.74, 6) is -1.09. The van der Waals surface area contributed by atoms with Crippen LogP contribution in [0.2, 0.25) is 0 Å². The average Bonchev–Trinajstić information content (AvgIpc) is 3.42. The van der Waals surface area contributed by atoms with E-state index >= 15 is 0 Å². The molecular formula is C30H29N5O3S. The molecule has 1 saturated heterocycles. The minimum atomic E-state index is -0.985. The first-order chi connectivity index (χ1) is 18.8. The molecule has 0 spiro atoms. The number of carbonyl (C=O) groups excluding carboxylic acids is 1. The number of aryl methyl sites for hydroxylation is 1. The molecule has 0 unspecified atom stereocenters. The number of carbonyl (C=O) groups is 2. The molecule has 9 heteroatoms. The highest BCUT2D eigenvalue weighted by molar-refractivity contribution is 7.80. The van der Waals surface area contributed by atoms with Crippen LogP contribution in [0.1, 0.15) is 51.5 Å². The summed E-state index contributed by atoms with van der Waals surface area (Å²) in [6.07, 6.45) is 1.99. The molecular weight excluding hydrogens is 510 g/mol. The largest absolute Gasteiger partial charge is 0.478 e. The van der Waals surface area contributed by atoms with E-state index in [0.717, 1.165) is 28.3 Å². The van der Waals surface area contributed by atoms with Crippen molar-refractivity contribution >= 4 is 34.9 Å². The van der Waals surface area contributed by atoms with E-state index < -0.39 is 5.97 Å². The molecule has 198 valence electrons. The third-order valence-electron chi connectivity index (χ3n) is 7.00. The van der Waals surface area contributed by atoms with Crippen molar-refractivity contribution in [3.8, 4) is 5.69 Å². The number of carboxylic acids is 1. The zero-order valence-corrected chi connectivity index (χ0v) is 22.5. The molecule has 4 aromatic rings. The van der Waals surface area contributed by atoms with Crippen molar-refractivity contribution in [3.05, 3.63) is 113 Å². The van der Waals surface area contributed by atoms with Crippen molar-refractivity contribution in [2.24, 2.45) is 0 Å². The standard InChI is InChI=1S/C30H29N5O3S/c1-19-18-23(20(2)35(19)25-14-7-6-12-22(25)29(37)38)28-27(24-13-8-9-16-31-24)33-30(39)34(28)17-15-26(36)32-21-10-4-3-5-11-21/h3-14,16,18,27-28H,15,17H2,1-2H3,(H,32,36)(H,33,39)(H,37,38)/t27-,28+/m0/s1. The maximum Gasteiger partial charge on any atom is 0.337 e. The van der Waals surface area contributed by atoms with Gasteiger partial charge < -0.3 is 25.2 Å².